The van der Waals surface area contributed by atoms with Crippen molar-refractivity contribution in [1.82, 2.24) is 0 Å². The maximum absolute atomic E-state index is 13.1. The van der Waals surface area contributed by atoms with E-state index in [0.717, 1.165) is 11.6 Å². The monoisotopic (exact) mass is 377 g/mol. The average molecular weight is 379 g/mol. The molecule has 2 N–H and O–H groups in total. The van der Waals surface area contributed by atoms with Gasteiger partial charge in [0.15, 0.2) is 0 Å². The van der Waals surface area contributed by atoms with Crippen LogP contribution in [-0.2, 0) is 12.6 Å². The Labute approximate surface area is 134 Å². The van der Waals surface area contributed by atoms with Crippen molar-refractivity contribution in [3.63, 3.8) is 0 Å². The summed E-state index contributed by atoms with van der Waals surface area (Å²) in [4.78, 5) is 0. The zero-order chi connectivity index (χ0) is 15.6. The normalized spacial score (nSPS) is 13.2. The Morgan fingerprint density at radius 2 is 1.81 bits per heavy atom. The molecule has 2 rings (SSSR count). The van der Waals surface area contributed by atoms with Crippen LogP contribution in [0.2, 0.25) is 5.02 Å². The third-order valence-corrected chi connectivity index (χ3v) is 3.98. The van der Waals surface area contributed by atoms with Gasteiger partial charge in [-0.15, -0.1) is 0 Å². The minimum atomic E-state index is -4.45. The average Bonchev–Trinajstić information content (AvgIpc) is 2.40. The SMILES string of the molecule is NC(Cc1ccccc1Cl)c1ccc(Br)cc1C(F)(F)F. The van der Waals surface area contributed by atoms with Crippen molar-refractivity contribution >= 4 is 27.5 Å². The predicted octanol–water partition coefficient (Wildman–Crippen LogP) is 5.36. The summed E-state index contributed by atoms with van der Waals surface area (Å²) in [7, 11) is 0. The van der Waals surface area contributed by atoms with Crippen LogP contribution in [0, 0.1) is 0 Å². The summed E-state index contributed by atoms with van der Waals surface area (Å²) in [5, 5.41) is 0.499. The lowest BCUT2D eigenvalue weighted by Gasteiger charge is -2.19. The van der Waals surface area contributed by atoms with E-state index >= 15 is 0 Å². The standard InChI is InChI=1S/C15H12BrClF3N/c16-10-5-6-11(12(8-10)15(18,19)20)14(21)7-9-3-1-2-4-13(9)17/h1-6,8,14H,7,21H2. The number of hydrogen-bond donors (Lipinski definition) is 1. The number of halogens is 5. The van der Waals surface area contributed by atoms with Crippen molar-refractivity contribution in [2.24, 2.45) is 5.73 Å². The number of benzene rings is 2. The summed E-state index contributed by atoms with van der Waals surface area (Å²) in [6.07, 6.45) is -4.21. The minimum Gasteiger partial charge on any atom is -0.324 e. The largest absolute Gasteiger partial charge is 0.416 e. The lowest BCUT2D eigenvalue weighted by molar-refractivity contribution is -0.138. The molecule has 0 radical (unpaired) electrons. The van der Waals surface area contributed by atoms with Gasteiger partial charge in [0, 0.05) is 15.5 Å². The molecule has 0 aliphatic rings. The number of hydrogen-bond acceptors (Lipinski definition) is 1. The van der Waals surface area contributed by atoms with Crippen molar-refractivity contribution in [2.45, 2.75) is 18.6 Å². The van der Waals surface area contributed by atoms with Gasteiger partial charge in [-0.1, -0.05) is 51.8 Å². The van der Waals surface area contributed by atoms with E-state index in [2.05, 4.69) is 15.9 Å². The molecule has 6 heteroatoms. The molecule has 0 spiro atoms. The van der Waals surface area contributed by atoms with Crippen LogP contribution in [-0.4, -0.2) is 0 Å². The van der Waals surface area contributed by atoms with Crippen molar-refractivity contribution in [3.8, 4) is 0 Å². The molecular formula is C15H12BrClF3N. The van der Waals surface area contributed by atoms with Gasteiger partial charge >= 0.3 is 6.18 Å². The first-order valence-corrected chi connectivity index (χ1v) is 7.32. The molecule has 0 amide bonds. The van der Waals surface area contributed by atoms with Gasteiger partial charge in [0.1, 0.15) is 0 Å². The molecule has 1 atom stereocenters. The molecule has 0 fully saturated rings. The van der Waals surface area contributed by atoms with E-state index in [1.54, 1.807) is 30.3 Å². The molecule has 21 heavy (non-hydrogen) atoms. The molecule has 112 valence electrons. The first kappa shape index (κ1) is 16.3. The summed E-state index contributed by atoms with van der Waals surface area (Å²) in [6.45, 7) is 0. The van der Waals surface area contributed by atoms with Crippen molar-refractivity contribution in [1.29, 1.82) is 0 Å². The van der Waals surface area contributed by atoms with Gasteiger partial charge in [0.25, 0.3) is 0 Å². The van der Waals surface area contributed by atoms with Crippen molar-refractivity contribution < 1.29 is 13.2 Å². The highest BCUT2D eigenvalue weighted by molar-refractivity contribution is 9.10. The molecule has 0 aromatic heterocycles. The molecule has 1 unspecified atom stereocenters. The highest BCUT2D eigenvalue weighted by Gasteiger charge is 2.34. The van der Waals surface area contributed by atoms with E-state index in [1.807, 2.05) is 0 Å². The fraction of sp³-hybridized carbons (Fsp3) is 0.200. The van der Waals surface area contributed by atoms with Crippen LogP contribution in [0.4, 0.5) is 13.2 Å². The van der Waals surface area contributed by atoms with Gasteiger partial charge in [-0.3, -0.25) is 0 Å². The minimum absolute atomic E-state index is 0.0608. The summed E-state index contributed by atoms with van der Waals surface area (Å²) in [5.41, 5.74) is 6.03. The van der Waals surface area contributed by atoms with Crippen LogP contribution < -0.4 is 5.73 Å². The lowest BCUT2D eigenvalue weighted by Crippen LogP contribution is -2.19. The van der Waals surface area contributed by atoms with Crippen LogP contribution >= 0.6 is 27.5 Å². The van der Waals surface area contributed by atoms with Gasteiger partial charge < -0.3 is 5.73 Å². The number of alkyl halides is 3. The van der Waals surface area contributed by atoms with Gasteiger partial charge in [-0.2, -0.15) is 13.2 Å². The van der Waals surface area contributed by atoms with Gasteiger partial charge in [0.2, 0.25) is 0 Å². The van der Waals surface area contributed by atoms with Crippen LogP contribution in [0.5, 0.6) is 0 Å². The maximum atomic E-state index is 13.1. The summed E-state index contributed by atoms with van der Waals surface area (Å²) < 4.78 is 39.7. The summed E-state index contributed by atoms with van der Waals surface area (Å²) in [5.74, 6) is 0. The first-order chi connectivity index (χ1) is 9.79. The second-order valence-electron chi connectivity index (χ2n) is 4.63. The third kappa shape index (κ3) is 3.99. The van der Waals surface area contributed by atoms with Crippen LogP contribution in [0.15, 0.2) is 46.9 Å². The quantitative estimate of drug-likeness (QED) is 0.764. The van der Waals surface area contributed by atoms with Crippen molar-refractivity contribution in [3.05, 3.63) is 68.7 Å². The first-order valence-electron chi connectivity index (χ1n) is 6.14. The van der Waals surface area contributed by atoms with Crippen molar-refractivity contribution in [2.75, 3.05) is 0 Å². The van der Waals surface area contributed by atoms with Crippen LogP contribution in [0.1, 0.15) is 22.7 Å². The number of rotatable bonds is 3. The lowest BCUT2D eigenvalue weighted by atomic mass is 9.95. The van der Waals surface area contributed by atoms with E-state index in [0.29, 0.717) is 9.50 Å². The van der Waals surface area contributed by atoms with Crippen LogP contribution in [0.25, 0.3) is 0 Å². The topological polar surface area (TPSA) is 26.0 Å². The fourth-order valence-corrected chi connectivity index (χ4v) is 2.68. The van der Waals surface area contributed by atoms with Gasteiger partial charge in [0.05, 0.1) is 5.56 Å². The summed E-state index contributed by atoms with van der Waals surface area (Å²) in [6, 6.07) is 10.2. The highest BCUT2D eigenvalue weighted by atomic mass is 79.9. The molecule has 2 aromatic carbocycles. The second-order valence-corrected chi connectivity index (χ2v) is 5.95. The Morgan fingerprint density at radius 3 is 2.43 bits per heavy atom. The Morgan fingerprint density at radius 1 is 1.14 bits per heavy atom. The van der Waals surface area contributed by atoms with E-state index in [4.69, 9.17) is 17.3 Å². The molecule has 0 aliphatic carbocycles. The molecule has 0 saturated carbocycles. The van der Waals surface area contributed by atoms with E-state index in [1.165, 1.54) is 6.07 Å². The smallest absolute Gasteiger partial charge is 0.324 e. The predicted molar refractivity (Wildman–Crippen MR) is 81.2 cm³/mol. The molecule has 0 saturated heterocycles. The highest BCUT2D eigenvalue weighted by Crippen LogP contribution is 2.36. The molecular weight excluding hydrogens is 367 g/mol. The maximum Gasteiger partial charge on any atom is 0.416 e. The van der Waals surface area contributed by atoms with Gasteiger partial charge in [-0.05, 0) is 35.7 Å². The second kappa shape index (κ2) is 6.38. The number of nitrogens with two attached hydrogens (primary N) is 1. The zero-order valence-corrected chi connectivity index (χ0v) is 13.1. The summed E-state index contributed by atoms with van der Waals surface area (Å²) >= 11 is 9.08. The molecule has 0 bridgehead atoms. The van der Waals surface area contributed by atoms with E-state index < -0.39 is 17.8 Å². The molecule has 2 aromatic rings. The van der Waals surface area contributed by atoms with Gasteiger partial charge in [-0.25, -0.2) is 0 Å². The Kier molecular flexibility index (Phi) is 4.96. The van der Waals surface area contributed by atoms with E-state index in [9.17, 15) is 13.2 Å². The molecule has 0 aliphatic heterocycles. The Balaban J connectivity index is 2.36. The van der Waals surface area contributed by atoms with E-state index in [-0.39, 0.29) is 12.0 Å². The third-order valence-electron chi connectivity index (χ3n) is 3.12. The zero-order valence-electron chi connectivity index (χ0n) is 10.8. The Hall–Kier alpha value is -1.04. The fourth-order valence-electron chi connectivity index (χ4n) is 2.11. The molecule has 1 nitrogen and oxygen atoms in total. The molecule has 0 heterocycles. The van der Waals surface area contributed by atoms with Crippen LogP contribution in [0.3, 0.4) is 0 Å². The Bertz CT molecular complexity index is 643.